The SMILES string of the molecule is O=C(NCc1ccncc1)C1CCN(S(=O)(=O)Cc2ccc(Cl)cc2Cl)CC1. The van der Waals surface area contributed by atoms with E-state index in [1.54, 1.807) is 24.5 Å². The van der Waals surface area contributed by atoms with Crippen molar-refractivity contribution in [1.29, 1.82) is 0 Å². The molecule has 1 saturated heterocycles. The number of halogens is 2. The number of carbonyl (C=O) groups is 1. The number of amides is 1. The Bertz CT molecular complexity index is 931. The van der Waals surface area contributed by atoms with Gasteiger partial charge in [-0.2, -0.15) is 0 Å². The van der Waals surface area contributed by atoms with Gasteiger partial charge in [-0.1, -0.05) is 29.3 Å². The number of nitrogens with zero attached hydrogens (tertiary/aromatic N) is 2. The molecule has 1 aliphatic heterocycles. The molecule has 0 radical (unpaired) electrons. The number of hydrogen-bond donors (Lipinski definition) is 1. The fourth-order valence-electron chi connectivity index (χ4n) is 3.16. The van der Waals surface area contributed by atoms with E-state index in [1.807, 2.05) is 12.1 Å². The lowest BCUT2D eigenvalue weighted by atomic mass is 9.97. The molecule has 0 bridgehead atoms. The van der Waals surface area contributed by atoms with Crippen LogP contribution in [0.2, 0.25) is 10.0 Å². The first-order chi connectivity index (χ1) is 13.3. The molecular formula is C19H21Cl2N3O3S. The van der Waals surface area contributed by atoms with Crippen LogP contribution >= 0.6 is 23.2 Å². The highest BCUT2D eigenvalue weighted by Crippen LogP contribution is 2.26. The molecule has 2 heterocycles. The zero-order chi connectivity index (χ0) is 20.1. The maximum absolute atomic E-state index is 12.7. The van der Waals surface area contributed by atoms with Crippen molar-refractivity contribution in [3.8, 4) is 0 Å². The van der Waals surface area contributed by atoms with Crippen molar-refractivity contribution in [2.45, 2.75) is 25.1 Å². The Morgan fingerprint density at radius 2 is 1.82 bits per heavy atom. The van der Waals surface area contributed by atoms with Crippen molar-refractivity contribution >= 4 is 39.1 Å². The average Bonchev–Trinajstić information content (AvgIpc) is 2.69. The van der Waals surface area contributed by atoms with Gasteiger partial charge in [-0.05, 0) is 48.2 Å². The number of hydrogen-bond acceptors (Lipinski definition) is 4. The topological polar surface area (TPSA) is 79.4 Å². The van der Waals surface area contributed by atoms with Gasteiger partial charge in [0.05, 0.1) is 5.75 Å². The number of sulfonamides is 1. The van der Waals surface area contributed by atoms with Gasteiger partial charge in [0.25, 0.3) is 0 Å². The third-order valence-corrected chi connectivity index (χ3v) is 7.20. The van der Waals surface area contributed by atoms with Gasteiger partial charge in [-0.15, -0.1) is 0 Å². The first-order valence-corrected chi connectivity index (χ1v) is 11.3. The molecule has 0 saturated carbocycles. The summed E-state index contributed by atoms with van der Waals surface area (Å²) in [5.41, 5.74) is 1.49. The number of nitrogens with one attached hydrogen (secondary N) is 1. The van der Waals surface area contributed by atoms with Crippen LogP contribution in [-0.4, -0.2) is 36.7 Å². The first kappa shape index (κ1) is 21.0. The lowest BCUT2D eigenvalue weighted by molar-refractivity contribution is -0.126. The minimum absolute atomic E-state index is 0.0467. The minimum Gasteiger partial charge on any atom is -0.352 e. The van der Waals surface area contributed by atoms with E-state index in [2.05, 4.69) is 10.3 Å². The van der Waals surface area contributed by atoms with E-state index in [9.17, 15) is 13.2 Å². The van der Waals surface area contributed by atoms with Gasteiger partial charge in [-0.25, -0.2) is 12.7 Å². The second kappa shape index (κ2) is 9.22. The molecule has 1 aromatic carbocycles. The Labute approximate surface area is 174 Å². The quantitative estimate of drug-likeness (QED) is 0.745. The zero-order valence-corrected chi connectivity index (χ0v) is 17.5. The lowest BCUT2D eigenvalue weighted by Gasteiger charge is -2.30. The molecule has 1 fully saturated rings. The number of pyridine rings is 1. The van der Waals surface area contributed by atoms with E-state index in [4.69, 9.17) is 23.2 Å². The summed E-state index contributed by atoms with van der Waals surface area (Å²) in [4.78, 5) is 16.3. The van der Waals surface area contributed by atoms with E-state index in [0.717, 1.165) is 5.56 Å². The summed E-state index contributed by atoms with van der Waals surface area (Å²) in [6, 6.07) is 8.47. The normalized spacial score (nSPS) is 16.1. The molecule has 0 atom stereocenters. The van der Waals surface area contributed by atoms with Crippen LogP contribution in [-0.2, 0) is 27.1 Å². The molecule has 1 aromatic heterocycles. The Kier molecular flexibility index (Phi) is 6.93. The molecule has 1 N–H and O–H groups in total. The van der Waals surface area contributed by atoms with Gasteiger partial charge < -0.3 is 5.32 Å². The molecule has 150 valence electrons. The molecule has 1 aliphatic rings. The third-order valence-electron chi connectivity index (χ3n) is 4.79. The van der Waals surface area contributed by atoms with Gasteiger partial charge in [0.1, 0.15) is 0 Å². The highest BCUT2D eigenvalue weighted by Gasteiger charge is 2.31. The van der Waals surface area contributed by atoms with Gasteiger partial charge in [0, 0.05) is 48.0 Å². The van der Waals surface area contributed by atoms with Crippen molar-refractivity contribution in [2.75, 3.05) is 13.1 Å². The molecule has 28 heavy (non-hydrogen) atoms. The standard InChI is InChI=1S/C19H21Cl2N3O3S/c20-17-2-1-16(18(21)11-17)13-28(26,27)24-9-5-15(6-10-24)19(25)23-12-14-3-7-22-8-4-14/h1-4,7-8,11,15H,5-6,9-10,12-13H2,(H,23,25). The predicted octanol–water partition coefficient (Wildman–Crippen LogP) is 3.25. The van der Waals surface area contributed by atoms with Crippen LogP contribution in [0.15, 0.2) is 42.7 Å². The van der Waals surface area contributed by atoms with Crippen molar-refractivity contribution < 1.29 is 13.2 Å². The van der Waals surface area contributed by atoms with Crippen molar-refractivity contribution in [1.82, 2.24) is 14.6 Å². The van der Waals surface area contributed by atoms with Crippen molar-refractivity contribution in [2.24, 2.45) is 5.92 Å². The van der Waals surface area contributed by atoms with E-state index in [0.29, 0.717) is 48.1 Å². The Morgan fingerprint density at radius 1 is 1.14 bits per heavy atom. The van der Waals surface area contributed by atoms with Gasteiger partial charge >= 0.3 is 0 Å². The van der Waals surface area contributed by atoms with E-state index < -0.39 is 10.0 Å². The van der Waals surface area contributed by atoms with Gasteiger partial charge in [0.15, 0.2) is 0 Å². The molecule has 0 aliphatic carbocycles. The predicted molar refractivity (Wildman–Crippen MR) is 109 cm³/mol. The van der Waals surface area contributed by atoms with Crippen LogP contribution in [0.4, 0.5) is 0 Å². The fourth-order valence-corrected chi connectivity index (χ4v) is 5.31. The second-order valence-corrected chi connectivity index (χ2v) is 9.55. The maximum Gasteiger partial charge on any atom is 0.223 e. The maximum atomic E-state index is 12.7. The smallest absolute Gasteiger partial charge is 0.223 e. The summed E-state index contributed by atoms with van der Waals surface area (Å²) >= 11 is 12.0. The average molecular weight is 442 g/mol. The number of piperidine rings is 1. The van der Waals surface area contributed by atoms with Crippen LogP contribution in [0.3, 0.4) is 0 Å². The summed E-state index contributed by atoms with van der Waals surface area (Å²) < 4.78 is 26.8. The molecule has 1 amide bonds. The summed E-state index contributed by atoms with van der Waals surface area (Å²) in [6.45, 7) is 1.08. The number of rotatable bonds is 6. The van der Waals surface area contributed by atoms with Gasteiger partial charge in [0.2, 0.25) is 15.9 Å². The number of carbonyl (C=O) groups excluding carboxylic acids is 1. The van der Waals surface area contributed by atoms with Crippen molar-refractivity contribution in [3.05, 3.63) is 63.9 Å². The van der Waals surface area contributed by atoms with Crippen LogP contribution < -0.4 is 5.32 Å². The van der Waals surface area contributed by atoms with E-state index in [-0.39, 0.29) is 17.6 Å². The zero-order valence-electron chi connectivity index (χ0n) is 15.1. The monoisotopic (exact) mass is 441 g/mol. The molecule has 9 heteroatoms. The summed E-state index contributed by atoms with van der Waals surface area (Å²) in [5.74, 6) is -0.413. The summed E-state index contributed by atoms with van der Waals surface area (Å²) in [7, 11) is -3.51. The third kappa shape index (κ3) is 5.44. The number of benzene rings is 1. The molecule has 2 aromatic rings. The molecule has 0 unspecified atom stereocenters. The summed E-state index contributed by atoms with van der Waals surface area (Å²) in [5, 5.41) is 3.71. The van der Waals surface area contributed by atoms with E-state index >= 15 is 0 Å². The number of aromatic nitrogens is 1. The molecular weight excluding hydrogens is 421 g/mol. The largest absolute Gasteiger partial charge is 0.352 e. The fraction of sp³-hybridized carbons (Fsp3) is 0.368. The highest BCUT2D eigenvalue weighted by atomic mass is 35.5. The lowest BCUT2D eigenvalue weighted by Crippen LogP contribution is -2.43. The molecule has 6 nitrogen and oxygen atoms in total. The van der Waals surface area contributed by atoms with Crippen LogP contribution in [0.5, 0.6) is 0 Å². The Hall–Kier alpha value is -1.67. The van der Waals surface area contributed by atoms with Crippen molar-refractivity contribution in [3.63, 3.8) is 0 Å². The van der Waals surface area contributed by atoms with Crippen LogP contribution in [0.25, 0.3) is 0 Å². The van der Waals surface area contributed by atoms with Crippen LogP contribution in [0, 0.1) is 5.92 Å². The van der Waals surface area contributed by atoms with E-state index in [1.165, 1.54) is 10.4 Å². The molecule has 0 spiro atoms. The van der Waals surface area contributed by atoms with Gasteiger partial charge in [-0.3, -0.25) is 9.78 Å². The second-order valence-electron chi connectivity index (χ2n) is 6.74. The molecule has 3 rings (SSSR count). The van der Waals surface area contributed by atoms with Crippen LogP contribution in [0.1, 0.15) is 24.0 Å². The first-order valence-electron chi connectivity index (χ1n) is 8.93. The Morgan fingerprint density at radius 3 is 2.46 bits per heavy atom. The Balaban J connectivity index is 1.53. The minimum atomic E-state index is -3.51. The highest BCUT2D eigenvalue weighted by molar-refractivity contribution is 7.88. The summed E-state index contributed by atoms with van der Waals surface area (Å²) in [6.07, 6.45) is 4.35.